The van der Waals surface area contributed by atoms with Crippen molar-refractivity contribution in [2.45, 2.75) is 13.8 Å². The summed E-state index contributed by atoms with van der Waals surface area (Å²) in [6, 6.07) is 36.3. The maximum Gasteiger partial charge on any atom is 0.143 e. The van der Waals surface area contributed by atoms with Crippen LogP contribution in [0.5, 0.6) is 0 Å². The van der Waals surface area contributed by atoms with E-state index in [0.29, 0.717) is 0 Å². The lowest BCUT2D eigenvalue weighted by molar-refractivity contribution is 0.670. The van der Waals surface area contributed by atoms with Crippen LogP contribution in [0, 0.1) is 13.8 Å². The van der Waals surface area contributed by atoms with E-state index >= 15 is 0 Å². The predicted octanol–water partition coefficient (Wildman–Crippen LogP) is 9.79. The minimum atomic E-state index is 0.857. The van der Waals surface area contributed by atoms with E-state index in [1.807, 2.05) is 18.3 Å². The van der Waals surface area contributed by atoms with Crippen molar-refractivity contribution in [2.24, 2.45) is 0 Å². The Hall–Kier alpha value is -5.02. The second-order valence-corrected chi connectivity index (χ2v) is 10.4. The van der Waals surface area contributed by atoms with Gasteiger partial charge in [-0.3, -0.25) is 4.98 Å². The number of benzene rings is 6. The van der Waals surface area contributed by atoms with Gasteiger partial charge in [-0.15, -0.1) is 0 Å². The van der Waals surface area contributed by atoms with Crippen LogP contribution < -0.4 is 0 Å². The van der Waals surface area contributed by atoms with Crippen LogP contribution in [0.4, 0.5) is 0 Å². The van der Waals surface area contributed by atoms with Crippen LogP contribution >= 0.6 is 0 Å². The zero-order valence-electron chi connectivity index (χ0n) is 21.7. The Balaban J connectivity index is 1.35. The maximum atomic E-state index is 6.32. The Labute approximate surface area is 225 Å². The first-order valence-corrected chi connectivity index (χ1v) is 13.2. The molecule has 3 heteroatoms. The first kappa shape index (κ1) is 22.0. The van der Waals surface area contributed by atoms with E-state index in [4.69, 9.17) is 14.4 Å². The fourth-order valence-electron chi connectivity index (χ4n) is 5.91. The lowest BCUT2D eigenvalue weighted by Gasteiger charge is -2.12. The number of fused-ring (bicyclic) bond motifs is 9. The summed E-state index contributed by atoms with van der Waals surface area (Å²) < 4.78 is 6.32. The molecule has 39 heavy (non-hydrogen) atoms. The summed E-state index contributed by atoms with van der Waals surface area (Å²) in [6.07, 6.45) is 1.91. The fraction of sp³-hybridized carbons (Fsp3) is 0.0556. The molecule has 0 unspecified atom stereocenters. The molecule has 0 amide bonds. The van der Waals surface area contributed by atoms with Crippen LogP contribution in [0.3, 0.4) is 0 Å². The highest BCUT2D eigenvalue weighted by molar-refractivity contribution is 6.23. The van der Waals surface area contributed by atoms with Gasteiger partial charge in [0.2, 0.25) is 0 Å². The SMILES string of the molecule is Cc1ccc2c3ccc(C)cc3c3nc(-c4cccc(-c5cccc6c5oc5ccccc56)c4)cnc3c2c1. The lowest BCUT2D eigenvalue weighted by atomic mass is 9.96. The molecule has 6 aromatic carbocycles. The van der Waals surface area contributed by atoms with E-state index < -0.39 is 0 Å². The van der Waals surface area contributed by atoms with Crippen LogP contribution in [0.2, 0.25) is 0 Å². The molecule has 0 fully saturated rings. The summed E-state index contributed by atoms with van der Waals surface area (Å²) in [7, 11) is 0. The molecule has 0 saturated carbocycles. The van der Waals surface area contributed by atoms with Crippen molar-refractivity contribution in [1.82, 2.24) is 9.97 Å². The zero-order valence-corrected chi connectivity index (χ0v) is 21.7. The lowest BCUT2D eigenvalue weighted by Crippen LogP contribution is -1.93. The molecule has 0 N–H and O–H groups in total. The van der Waals surface area contributed by atoms with Crippen molar-refractivity contribution >= 4 is 54.5 Å². The maximum absolute atomic E-state index is 6.32. The second-order valence-electron chi connectivity index (χ2n) is 10.4. The van der Waals surface area contributed by atoms with Crippen LogP contribution in [-0.2, 0) is 0 Å². The van der Waals surface area contributed by atoms with Gasteiger partial charge in [0.05, 0.1) is 22.9 Å². The Morgan fingerprint density at radius 2 is 1.23 bits per heavy atom. The van der Waals surface area contributed by atoms with Gasteiger partial charge in [0.15, 0.2) is 0 Å². The first-order chi connectivity index (χ1) is 19.1. The van der Waals surface area contributed by atoms with Crippen molar-refractivity contribution in [1.29, 1.82) is 0 Å². The van der Waals surface area contributed by atoms with E-state index in [0.717, 1.165) is 66.1 Å². The fourth-order valence-corrected chi connectivity index (χ4v) is 5.91. The Bertz CT molecular complexity index is 2260. The van der Waals surface area contributed by atoms with E-state index in [2.05, 4.69) is 105 Å². The molecular weight excluding hydrogens is 476 g/mol. The molecule has 2 aromatic heterocycles. The average molecular weight is 501 g/mol. The molecule has 0 bridgehead atoms. The van der Waals surface area contributed by atoms with Gasteiger partial charge in [0.1, 0.15) is 11.2 Å². The number of para-hydroxylation sites is 2. The van der Waals surface area contributed by atoms with Gasteiger partial charge < -0.3 is 4.42 Å². The molecular formula is C36H24N2O. The molecule has 8 rings (SSSR count). The third-order valence-electron chi connectivity index (χ3n) is 7.80. The summed E-state index contributed by atoms with van der Waals surface area (Å²) in [6.45, 7) is 4.25. The standard InChI is InChI=1S/C36H24N2O/c1-21-13-15-26-27-16-14-22(2)18-31(27)35-34(30(26)17-21)37-20-32(38-35)24-8-5-7-23(19-24)25-10-6-11-29-28-9-3-4-12-33(28)39-36(25)29/h3-20H,1-2H3. The van der Waals surface area contributed by atoms with E-state index in [1.165, 1.54) is 21.9 Å². The van der Waals surface area contributed by atoms with Crippen molar-refractivity contribution < 1.29 is 4.42 Å². The number of furan rings is 1. The van der Waals surface area contributed by atoms with Crippen LogP contribution in [-0.4, -0.2) is 9.97 Å². The van der Waals surface area contributed by atoms with Crippen molar-refractivity contribution in [3.8, 4) is 22.4 Å². The molecule has 2 heterocycles. The minimum absolute atomic E-state index is 0.857. The smallest absolute Gasteiger partial charge is 0.143 e. The second kappa shape index (κ2) is 8.24. The molecule has 0 spiro atoms. The van der Waals surface area contributed by atoms with Crippen molar-refractivity contribution in [2.75, 3.05) is 0 Å². The molecule has 0 aliphatic carbocycles. The molecule has 0 atom stereocenters. The number of hydrogen-bond acceptors (Lipinski definition) is 3. The van der Waals surface area contributed by atoms with Gasteiger partial charge in [0, 0.05) is 32.7 Å². The highest BCUT2D eigenvalue weighted by Crippen LogP contribution is 2.38. The van der Waals surface area contributed by atoms with Gasteiger partial charge >= 0.3 is 0 Å². The number of aromatic nitrogens is 2. The first-order valence-electron chi connectivity index (χ1n) is 13.2. The van der Waals surface area contributed by atoms with Crippen molar-refractivity contribution in [3.63, 3.8) is 0 Å². The highest BCUT2D eigenvalue weighted by Gasteiger charge is 2.15. The predicted molar refractivity (Wildman–Crippen MR) is 162 cm³/mol. The summed E-state index contributed by atoms with van der Waals surface area (Å²) in [5, 5.41) is 6.97. The third-order valence-corrected chi connectivity index (χ3v) is 7.80. The summed E-state index contributed by atoms with van der Waals surface area (Å²) in [5.41, 5.74) is 10.2. The summed E-state index contributed by atoms with van der Waals surface area (Å²) in [5.74, 6) is 0. The van der Waals surface area contributed by atoms with Gasteiger partial charge in [-0.25, -0.2) is 4.98 Å². The van der Waals surface area contributed by atoms with Crippen molar-refractivity contribution in [3.05, 3.63) is 120 Å². The number of hydrogen-bond donors (Lipinski definition) is 0. The Morgan fingerprint density at radius 1 is 0.538 bits per heavy atom. The largest absolute Gasteiger partial charge is 0.455 e. The van der Waals surface area contributed by atoms with Gasteiger partial charge in [-0.05, 0) is 54.4 Å². The zero-order chi connectivity index (χ0) is 26.1. The molecule has 3 nitrogen and oxygen atoms in total. The molecule has 184 valence electrons. The van der Waals surface area contributed by atoms with Gasteiger partial charge in [-0.1, -0.05) is 90.0 Å². The van der Waals surface area contributed by atoms with Crippen LogP contribution in [0.1, 0.15) is 11.1 Å². The Kier molecular flexibility index (Phi) is 4.65. The number of nitrogens with zero attached hydrogens (tertiary/aromatic N) is 2. The van der Waals surface area contributed by atoms with Crippen LogP contribution in [0.15, 0.2) is 114 Å². The Morgan fingerprint density at radius 3 is 2.05 bits per heavy atom. The van der Waals surface area contributed by atoms with Gasteiger partial charge in [0.25, 0.3) is 0 Å². The van der Waals surface area contributed by atoms with E-state index in [9.17, 15) is 0 Å². The van der Waals surface area contributed by atoms with E-state index in [1.54, 1.807) is 0 Å². The molecule has 0 aliphatic rings. The quantitative estimate of drug-likeness (QED) is 0.222. The average Bonchev–Trinajstić information content (AvgIpc) is 3.36. The number of rotatable bonds is 2. The summed E-state index contributed by atoms with van der Waals surface area (Å²) in [4.78, 5) is 10.2. The third kappa shape index (κ3) is 3.37. The molecule has 0 saturated heterocycles. The number of aryl methyl sites for hydroxylation is 2. The van der Waals surface area contributed by atoms with Crippen LogP contribution in [0.25, 0.3) is 76.9 Å². The molecule has 0 aliphatic heterocycles. The summed E-state index contributed by atoms with van der Waals surface area (Å²) >= 11 is 0. The van der Waals surface area contributed by atoms with Gasteiger partial charge in [-0.2, -0.15) is 0 Å². The monoisotopic (exact) mass is 500 g/mol. The highest BCUT2D eigenvalue weighted by atomic mass is 16.3. The van der Waals surface area contributed by atoms with E-state index in [-0.39, 0.29) is 0 Å². The normalized spacial score (nSPS) is 11.8. The minimum Gasteiger partial charge on any atom is -0.455 e. The molecule has 8 aromatic rings. The molecule has 0 radical (unpaired) electrons. The topological polar surface area (TPSA) is 38.9 Å².